The summed E-state index contributed by atoms with van der Waals surface area (Å²) in [4.78, 5) is 16.0. The normalized spacial score (nSPS) is 25.7. The lowest BCUT2D eigenvalue weighted by atomic mass is 9.82. The summed E-state index contributed by atoms with van der Waals surface area (Å²) in [6.07, 6.45) is 5.71. The van der Waals surface area contributed by atoms with Crippen molar-refractivity contribution in [1.82, 2.24) is 24.4 Å². The van der Waals surface area contributed by atoms with Crippen LogP contribution in [-0.2, 0) is 6.42 Å². The standard InChI is InChI=1S/C27H30ClN5O2S/c1-32-9-7-17(8-10-32)19-12-22(24(35)23(19)34)33-14-21(20-13-29-27(28)31-25(20)33)26-30-18(15-36-26)11-16-5-3-2-4-6-16/h2-6,13-15,17,19,22-24,34-35H,7-12H2,1H3/t19-,22-,23-,24+/m1/s1. The van der Waals surface area contributed by atoms with Crippen LogP contribution in [0.1, 0.15) is 36.6 Å². The van der Waals surface area contributed by atoms with Crippen LogP contribution >= 0.6 is 22.9 Å². The molecule has 2 N–H and O–H groups in total. The van der Waals surface area contributed by atoms with Crippen molar-refractivity contribution in [3.05, 3.63) is 64.6 Å². The third-order valence-corrected chi connectivity index (χ3v) is 9.08. The Labute approximate surface area is 219 Å². The maximum absolute atomic E-state index is 11.2. The number of aliphatic hydroxyl groups is 2. The van der Waals surface area contributed by atoms with E-state index in [-0.39, 0.29) is 17.2 Å². The van der Waals surface area contributed by atoms with Crippen LogP contribution < -0.4 is 0 Å². The topological polar surface area (TPSA) is 87.3 Å². The largest absolute Gasteiger partial charge is 0.390 e. The molecular weight excluding hydrogens is 494 g/mol. The molecule has 0 spiro atoms. The highest BCUT2D eigenvalue weighted by Crippen LogP contribution is 2.45. The van der Waals surface area contributed by atoms with E-state index < -0.39 is 12.2 Å². The molecule has 3 aromatic heterocycles. The zero-order valence-corrected chi connectivity index (χ0v) is 21.7. The van der Waals surface area contributed by atoms with Gasteiger partial charge < -0.3 is 19.7 Å². The van der Waals surface area contributed by atoms with Crippen LogP contribution in [0.4, 0.5) is 0 Å². The first-order chi connectivity index (χ1) is 17.5. The van der Waals surface area contributed by atoms with Crippen molar-refractivity contribution in [2.75, 3.05) is 20.1 Å². The van der Waals surface area contributed by atoms with Gasteiger partial charge in [0.15, 0.2) is 0 Å². The molecule has 4 atom stereocenters. The highest BCUT2D eigenvalue weighted by molar-refractivity contribution is 7.13. The lowest BCUT2D eigenvalue weighted by Crippen LogP contribution is -2.37. The summed E-state index contributed by atoms with van der Waals surface area (Å²) >= 11 is 7.80. The number of fused-ring (bicyclic) bond motifs is 1. The molecule has 36 heavy (non-hydrogen) atoms. The van der Waals surface area contributed by atoms with Crippen molar-refractivity contribution in [1.29, 1.82) is 0 Å². The first kappa shape index (κ1) is 24.0. The van der Waals surface area contributed by atoms with E-state index in [1.807, 2.05) is 29.0 Å². The SMILES string of the molecule is CN1CCC([C@H]2C[C@@H](n3cc(-c4nc(Cc5ccccc5)cs4)c4cnc(Cl)nc43)[C@H](O)[C@@H]2O)CC1. The Balaban J connectivity index is 1.33. The monoisotopic (exact) mass is 523 g/mol. The molecule has 1 aliphatic carbocycles. The zero-order chi connectivity index (χ0) is 24.8. The number of nitrogens with zero attached hydrogens (tertiary/aromatic N) is 5. The van der Waals surface area contributed by atoms with Gasteiger partial charge in [-0.3, -0.25) is 0 Å². The Morgan fingerprint density at radius 3 is 2.64 bits per heavy atom. The van der Waals surface area contributed by atoms with Gasteiger partial charge in [-0.05, 0) is 68.4 Å². The summed E-state index contributed by atoms with van der Waals surface area (Å²) in [5, 5.41) is 26.2. The number of hydrogen-bond acceptors (Lipinski definition) is 7. The van der Waals surface area contributed by atoms with Gasteiger partial charge in [-0.1, -0.05) is 30.3 Å². The molecule has 4 aromatic rings. The average molecular weight is 524 g/mol. The van der Waals surface area contributed by atoms with E-state index in [9.17, 15) is 10.2 Å². The van der Waals surface area contributed by atoms with E-state index in [1.165, 1.54) is 5.56 Å². The summed E-state index contributed by atoms with van der Waals surface area (Å²) < 4.78 is 2.00. The summed E-state index contributed by atoms with van der Waals surface area (Å²) in [6, 6.07) is 10.0. The molecule has 1 aromatic carbocycles. The van der Waals surface area contributed by atoms with Crippen LogP contribution in [0.3, 0.4) is 0 Å². The number of aliphatic hydroxyl groups excluding tert-OH is 2. The number of halogens is 1. The molecule has 188 valence electrons. The molecule has 7 nitrogen and oxygen atoms in total. The minimum absolute atomic E-state index is 0.0641. The first-order valence-electron chi connectivity index (χ1n) is 12.5. The molecule has 4 heterocycles. The average Bonchev–Trinajstić information content (AvgIpc) is 3.57. The Kier molecular flexibility index (Phi) is 6.56. The molecule has 2 aliphatic rings. The van der Waals surface area contributed by atoms with Crippen molar-refractivity contribution >= 4 is 34.0 Å². The number of hydrogen-bond donors (Lipinski definition) is 2. The summed E-state index contributed by atoms with van der Waals surface area (Å²) in [5.41, 5.74) is 3.83. The molecule has 1 saturated carbocycles. The van der Waals surface area contributed by atoms with Gasteiger partial charge in [-0.15, -0.1) is 11.3 Å². The molecule has 9 heteroatoms. The molecule has 1 aliphatic heterocycles. The molecule has 6 rings (SSSR count). The predicted octanol–water partition coefficient (Wildman–Crippen LogP) is 4.42. The van der Waals surface area contributed by atoms with Crippen LogP contribution in [-0.4, -0.2) is 67.0 Å². The van der Waals surface area contributed by atoms with Gasteiger partial charge in [0.1, 0.15) is 16.8 Å². The highest BCUT2D eigenvalue weighted by Gasteiger charge is 2.46. The highest BCUT2D eigenvalue weighted by atomic mass is 35.5. The molecular formula is C27H30ClN5O2S. The van der Waals surface area contributed by atoms with Crippen LogP contribution in [0.2, 0.25) is 5.28 Å². The number of piperidine rings is 1. The number of benzene rings is 1. The van der Waals surface area contributed by atoms with Crippen molar-refractivity contribution < 1.29 is 10.2 Å². The third-order valence-electron chi connectivity index (χ3n) is 7.97. The fourth-order valence-electron chi connectivity index (χ4n) is 5.99. The molecule has 2 fully saturated rings. The smallest absolute Gasteiger partial charge is 0.224 e. The van der Waals surface area contributed by atoms with Crippen LogP contribution in [0.15, 0.2) is 48.1 Å². The van der Waals surface area contributed by atoms with Crippen LogP contribution in [0.25, 0.3) is 21.6 Å². The van der Waals surface area contributed by atoms with Crippen molar-refractivity contribution in [3.8, 4) is 10.6 Å². The summed E-state index contributed by atoms with van der Waals surface area (Å²) in [5.74, 6) is 0.476. The van der Waals surface area contributed by atoms with E-state index >= 15 is 0 Å². The number of likely N-dealkylation sites (tertiary alicyclic amines) is 1. The van der Waals surface area contributed by atoms with E-state index in [4.69, 9.17) is 16.6 Å². The van der Waals surface area contributed by atoms with Gasteiger partial charge in [0, 0.05) is 35.1 Å². The quantitative estimate of drug-likeness (QED) is 0.376. The Morgan fingerprint density at radius 2 is 1.86 bits per heavy atom. The summed E-state index contributed by atoms with van der Waals surface area (Å²) in [7, 11) is 2.14. The predicted molar refractivity (Wildman–Crippen MR) is 142 cm³/mol. The Bertz CT molecular complexity index is 1350. The number of thiazole rings is 1. The maximum atomic E-state index is 11.2. The summed E-state index contributed by atoms with van der Waals surface area (Å²) in [6.45, 7) is 2.06. The lowest BCUT2D eigenvalue weighted by molar-refractivity contribution is -0.0112. The third kappa shape index (κ3) is 4.46. The van der Waals surface area contributed by atoms with Gasteiger partial charge in [0.25, 0.3) is 0 Å². The Morgan fingerprint density at radius 1 is 1.08 bits per heavy atom. The lowest BCUT2D eigenvalue weighted by Gasteiger charge is -2.34. The van der Waals surface area contributed by atoms with E-state index in [1.54, 1.807) is 17.5 Å². The van der Waals surface area contributed by atoms with Crippen LogP contribution in [0, 0.1) is 11.8 Å². The fraction of sp³-hybridized carbons (Fsp3) is 0.444. The van der Waals surface area contributed by atoms with Gasteiger partial charge in [-0.25, -0.2) is 9.97 Å². The van der Waals surface area contributed by atoms with Gasteiger partial charge in [-0.2, -0.15) is 4.98 Å². The molecule has 0 bridgehead atoms. The maximum Gasteiger partial charge on any atom is 0.224 e. The van der Waals surface area contributed by atoms with Crippen molar-refractivity contribution in [3.63, 3.8) is 0 Å². The minimum atomic E-state index is -0.864. The van der Waals surface area contributed by atoms with Crippen molar-refractivity contribution in [2.45, 2.75) is 43.9 Å². The molecule has 0 radical (unpaired) electrons. The Hall–Kier alpha value is -2.36. The second kappa shape index (κ2) is 9.84. The van der Waals surface area contributed by atoms with Gasteiger partial charge in [0.2, 0.25) is 5.28 Å². The zero-order valence-electron chi connectivity index (χ0n) is 20.2. The molecule has 0 amide bonds. The van der Waals surface area contributed by atoms with Crippen molar-refractivity contribution in [2.24, 2.45) is 11.8 Å². The molecule has 1 saturated heterocycles. The van der Waals surface area contributed by atoms with Gasteiger partial charge >= 0.3 is 0 Å². The second-order valence-corrected chi connectivity index (χ2v) is 11.4. The minimum Gasteiger partial charge on any atom is -0.390 e. The number of aromatic nitrogens is 4. The van der Waals surface area contributed by atoms with Crippen LogP contribution in [0.5, 0.6) is 0 Å². The molecule has 0 unspecified atom stereocenters. The number of rotatable bonds is 5. The van der Waals surface area contributed by atoms with Gasteiger partial charge in [0.05, 0.1) is 17.8 Å². The van der Waals surface area contributed by atoms with E-state index in [0.717, 1.165) is 54.0 Å². The van der Waals surface area contributed by atoms with E-state index in [0.29, 0.717) is 18.0 Å². The van der Waals surface area contributed by atoms with E-state index in [2.05, 4.69) is 39.4 Å². The first-order valence-corrected chi connectivity index (χ1v) is 13.8. The second-order valence-electron chi connectivity index (χ2n) is 10.2. The fourth-order valence-corrected chi connectivity index (χ4v) is 6.97.